The van der Waals surface area contributed by atoms with Gasteiger partial charge in [-0.05, 0) is 6.07 Å². The third-order valence-electron chi connectivity index (χ3n) is 2.82. The number of carbonyl (C=O) groups is 2. The highest BCUT2D eigenvalue weighted by Crippen LogP contribution is 2.22. The quantitative estimate of drug-likeness (QED) is 0.546. The number of carbonyl (C=O) groups excluding carboxylic acids is 1. The molecule has 1 aliphatic heterocycles. The van der Waals surface area contributed by atoms with Gasteiger partial charge in [0, 0.05) is 24.6 Å². The van der Waals surface area contributed by atoms with Gasteiger partial charge in [0.25, 0.3) is 0 Å². The van der Waals surface area contributed by atoms with Crippen molar-refractivity contribution in [1.29, 1.82) is 0 Å². The summed E-state index contributed by atoms with van der Waals surface area (Å²) in [5, 5.41) is 26.7. The number of aliphatic carboxylic acids is 1. The third kappa shape index (κ3) is 2.34. The zero-order valence-electron chi connectivity index (χ0n) is 9.35. The lowest BCUT2D eigenvalue weighted by Crippen LogP contribution is -2.32. The Morgan fingerprint density at radius 3 is 2.61 bits per heavy atom. The van der Waals surface area contributed by atoms with Crippen LogP contribution in [0.15, 0.2) is 18.3 Å². The van der Waals surface area contributed by atoms with E-state index in [9.17, 15) is 9.59 Å². The number of anilines is 1. The van der Waals surface area contributed by atoms with Gasteiger partial charge in [0.15, 0.2) is 0 Å². The van der Waals surface area contributed by atoms with Crippen molar-refractivity contribution in [2.24, 2.45) is 5.92 Å². The Labute approximate surface area is 103 Å². The van der Waals surface area contributed by atoms with Gasteiger partial charge in [-0.25, -0.2) is 4.98 Å². The molecule has 1 fully saturated rings. The number of carboxylic acid groups (broad SMARTS) is 1. The summed E-state index contributed by atoms with van der Waals surface area (Å²) in [4.78, 5) is 27.6. The number of rotatable bonds is 3. The van der Waals surface area contributed by atoms with Gasteiger partial charge in [0.2, 0.25) is 5.91 Å². The van der Waals surface area contributed by atoms with Crippen molar-refractivity contribution in [3.63, 3.8) is 0 Å². The first-order chi connectivity index (χ1) is 8.49. The average molecular weight is 250 g/mol. The molecule has 0 saturated carbocycles. The molecule has 3 N–H and O–H groups in total. The number of pyridine rings is 1. The van der Waals surface area contributed by atoms with E-state index in [1.165, 1.54) is 23.2 Å². The van der Waals surface area contributed by atoms with Crippen molar-refractivity contribution in [3.05, 3.63) is 18.3 Å². The number of amides is 1. The van der Waals surface area contributed by atoms with Crippen LogP contribution in [0.3, 0.4) is 0 Å². The number of nitrogens with zero attached hydrogens (tertiary/aromatic N) is 2. The summed E-state index contributed by atoms with van der Waals surface area (Å²) < 4.78 is 0. The Hall–Kier alpha value is -1.93. The van der Waals surface area contributed by atoms with Gasteiger partial charge in [0.1, 0.15) is 5.82 Å². The number of hydrogen-bond acceptors (Lipinski definition) is 5. The average Bonchev–Trinajstić information content (AvgIpc) is 2.71. The lowest BCUT2D eigenvalue weighted by molar-refractivity contribution is -0.141. The molecule has 1 amide bonds. The first kappa shape index (κ1) is 12.5. The first-order valence-electron chi connectivity index (χ1n) is 5.34. The maximum atomic E-state index is 11.6. The second kappa shape index (κ2) is 4.75. The molecule has 8 heteroatoms. The van der Waals surface area contributed by atoms with E-state index in [4.69, 9.17) is 15.2 Å². The molecule has 0 aromatic carbocycles. The highest BCUT2D eigenvalue weighted by Gasteiger charge is 2.35. The van der Waals surface area contributed by atoms with Crippen LogP contribution in [0, 0.1) is 5.92 Å². The fourth-order valence-corrected chi connectivity index (χ4v) is 1.80. The van der Waals surface area contributed by atoms with Gasteiger partial charge >= 0.3 is 13.1 Å². The maximum Gasteiger partial charge on any atom is 0.490 e. The summed E-state index contributed by atoms with van der Waals surface area (Å²) in [7, 11) is -1.62. The topological polar surface area (TPSA) is 111 Å². The van der Waals surface area contributed by atoms with Gasteiger partial charge in [-0.1, -0.05) is 6.07 Å². The van der Waals surface area contributed by atoms with Crippen molar-refractivity contribution in [2.75, 3.05) is 11.4 Å². The standard InChI is InChI=1S/C10H11BN2O5/c14-9-3-6(10(15)16)5-13(9)8-2-1-7(4-12-8)11(17)18/h1-2,4,6,17-18H,3,5H2,(H,15,16). The fourth-order valence-electron chi connectivity index (χ4n) is 1.80. The molecule has 1 saturated heterocycles. The van der Waals surface area contributed by atoms with Gasteiger partial charge in [-0.3, -0.25) is 14.5 Å². The van der Waals surface area contributed by atoms with Crippen LogP contribution < -0.4 is 10.4 Å². The summed E-state index contributed by atoms with van der Waals surface area (Å²) in [6, 6.07) is 2.88. The summed E-state index contributed by atoms with van der Waals surface area (Å²) in [6.45, 7) is 0.0855. The molecule has 1 unspecified atom stereocenters. The predicted molar refractivity (Wildman–Crippen MR) is 62.2 cm³/mol. The number of carboxylic acids is 1. The molecule has 0 bridgehead atoms. The van der Waals surface area contributed by atoms with Crippen molar-refractivity contribution in [1.82, 2.24) is 4.98 Å². The zero-order valence-corrected chi connectivity index (χ0v) is 9.35. The Morgan fingerprint density at radius 1 is 1.44 bits per heavy atom. The van der Waals surface area contributed by atoms with Crippen LogP contribution in [0.25, 0.3) is 0 Å². The van der Waals surface area contributed by atoms with Crippen LogP contribution in [0.5, 0.6) is 0 Å². The molecule has 18 heavy (non-hydrogen) atoms. The van der Waals surface area contributed by atoms with Crippen LogP contribution in [-0.2, 0) is 9.59 Å². The largest absolute Gasteiger partial charge is 0.490 e. The Morgan fingerprint density at radius 2 is 2.17 bits per heavy atom. The maximum absolute atomic E-state index is 11.6. The predicted octanol–water partition coefficient (Wildman–Crippen LogP) is -1.80. The second-order valence-corrected chi connectivity index (χ2v) is 4.07. The zero-order chi connectivity index (χ0) is 13.3. The van der Waals surface area contributed by atoms with Crippen LogP contribution in [0.4, 0.5) is 5.82 Å². The van der Waals surface area contributed by atoms with E-state index >= 15 is 0 Å². The molecule has 0 spiro atoms. The Balaban J connectivity index is 2.17. The molecule has 2 heterocycles. The minimum Gasteiger partial charge on any atom is -0.481 e. The number of hydrogen-bond donors (Lipinski definition) is 3. The van der Waals surface area contributed by atoms with E-state index in [2.05, 4.69) is 4.98 Å². The van der Waals surface area contributed by atoms with Crippen molar-refractivity contribution >= 4 is 30.3 Å². The molecule has 0 radical (unpaired) electrons. The molecule has 0 aliphatic carbocycles. The first-order valence-corrected chi connectivity index (χ1v) is 5.34. The van der Waals surface area contributed by atoms with Gasteiger partial charge in [-0.2, -0.15) is 0 Å². The highest BCUT2D eigenvalue weighted by atomic mass is 16.4. The lowest BCUT2D eigenvalue weighted by Gasteiger charge is -2.14. The van der Waals surface area contributed by atoms with Crippen LogP contribution in [0.2, 0.25) is 0 Å². The molecule has 1 aromatic rings. The van der Waals surface area contributed by atoms with E-state index in [1.807, 2.05) is 0 Å². The van der Waals surface area contributed by atoms with Crippen molar-refractivity contribution in [3.8, 4) is 0 Å². The molecule has 1 atom stereocenters. The minimum absolute atomic E-state index is 0.0403. The SMILES string of the molecule is O=C(O)C1CC(=O)N(c2ccc(B(O)O)cn2)C1. The summed E-state index contributed by atoms with van der Waals surface area (Å²) in [5.74, 6) is -1.71. The van der Waals surface area contributed by atoms with Crippen LogP contribution in [0.1, 0.15) is 6.42 Å². The summed E-state index contributed by atoms with van der Waals surface area (Å²) in [5.41, 5.74) is 0.209. The number of aromatic nitrogens is 1. The van der Waals surface area contributed by atoms with Crippen LogP contribution >= 0.6 is 0 Å². The van der Waals surface area contributed by atoms with E-state index in [-0.39, 0.29) is 24.3 Å². The van der Waals surface area contributed by atoms with Gasteiger partial charge in [-0.15, -0.1) is 0 Å². The van der Waals surface area contributed by atoms with E-state index in [0.717, 1.165) is 0 Å². The normalized spacial score (nSPS) is 19.1. The molecule has 94 valence electrons. The molecule has 2 rings (SSSR count). The van der Waals surface area contributed by atoms with E-state index < -0.39 is 19.0 Å². The Bertz CT molecular complexity index is 476. The van der Waals surface area contributed by atoms with Gasteiger partial charge < -0.3 is 15.2 Å². The van der Waals surface area contributed by atoms with E-state index in [0.29, 0.717) is 5.82 Å². The smallest absolute Gasteiger partial charge is 0.481 e. The van der Waals surface area contributed by atoms with E-state index in [1.54, 1.807) is 0 Å². The fraction of sp³-hybridized carbons (Fsp3) is 0.300. The lowest BCUT2D eigenvalue weighted by atomic mass is 9.82. The third-order valence-corrected chi connectivity index (χ3v) is 2.82. The molecular weight excluding hydrogens is 239 g/mol. The molecule has 7 nitrogen and oxygen atoms in total. The second-order valence-electron chi connectivity index (χ2n) is 4.07. The van der Waals surface area contributed by atoms with Gasteiger partial charge in [0.05, 0.1) is 5.92 Å². The molecular formula is C10H11BN2O5. The Kier molecular flexibility index (Phi) is 3.31. The highest BCUT2D eigenvalue weighted by molar-refractivity contribution is 6.58. The summed E-state index contributed by atoms with van der Waals surface area (Å²) >= 11 is 0. The minimum atomic E-state index is -1.62. The molecule has 1 aromatic heterocycles. The van der Waals surface area contributed by atoms with Crippen molar-refractivity contribution in [2.45, 2.75) is 6.42 Å². The summed E-state index contributed by atoms with van der Waals surface area (Å²) in [6.07, 6.45) is 1.20. The monoisotopic (exact) mass is 250 g/mol. The van der Waals surface area contributed by atoms with Crippen LogP contribution in [-0.4, -0.2) is 45.7 Å². The van der Waals surface area contributed by atoms with Crippen molar-refractivity contribution < 1.29 is 24.7 Å². The molecule has 1 aliphatic rings.